The Kier molecular flexibility index (Phi) is 4.56. The number of rotatable bonds is 6. The molecule has 0 spiro atoms. The molecule has 0 aliphatic heterocycles. The first-order valence-corrected chi connectivity index (χ1v) is 6.95. The van der Waals surface area contributed by atoms with Crippen molar-refractivity contribution in [3.63, 3.8) is 0 Å². The van der Waals surface area contributed by atoms with Gasteiger partial charge in [0.05, 0.1) is 18.3 Å². The molecule has 108 valence electrons. The van der Waals surface area contributed by atoms with E-state index in [2.05, 4.69) is 19.2 Å². The summed E-state index contributed by atoms with van der Waals surface area (Å²) in [6, 6.07) is 9.77. The highest BCUT2D eigenvalue weighted by molar-refractivity contribution is 5.61. The first-order chi connectivity index (χ1) is 9.60. The van der Waals surface area contributed by atoms with Gasteiger partial charge in [-0.3, -0.25) is 0 Å². The summed E-state index contributed by atoms with van der Waals surface area (Å²) in [5, 5.41) is 3.39. The lowest BCUT2D eigenvalue weighted by Crippen LogP contribution is -2.06. The number of hydrogen-bond acceptors (Lipinski definition) is 4. The van der Waals surface area contributed by atoms with Crippen molar-refractivity contribution in [1.82, 2.24) is 0 Å². The van der Waals surface area contributed by atoms with Crippen molar-refractivity contribution in [2.75, 3.05) is 17.7 Å². The van der Waals surface area contributed by atoms with E-state index in [9.17, 15) is 0 Å². The molecule has 1 atom stereocenters. The van der Waals surface area contributed by atoms with Crippen LogP contribution in [0.2, 0.25) is 0 Å². The van der Waals surface area contributed by atoms with E-state index in [1.807, 2.05) is 37.3 Å². The number of nitrogens with two attached hydrogens (primary N) is 1. The van der Waals surface area contributed by atoms with Gasteiger partial charge in [0.15, 0.2) is 0 Å². The highest BCUT2D eigenvalue weighted by Gasteiger charge is 2.10. The van der Waals surface area contributed by atoms with E-state index in [1.165, 1.54) is 0 Å². The Bertz CT molecular complexity index is 563. The van der Waals surface area contributed by atoms with Crippen LogP contribution in [0.3, 0.4) is 0 Å². The Balaban J connectivity index is 2.09. The van der Waals surface area contributed by atoms with Crippen LogP contribution in [0.5, 0.6) is 5.75 Å². The van der Waals surface area contributed by atoms with Crippen molar-refractivity contribution in [3.05, 3.63) is 41.9 Å². The number of anilines is 2. The van der Waals surface area contributed by atoms with Gasteiger partial charge in [-0.25, -0.2) is 0 Å². The monoisotopic (exact) mass is 274 g/mol. The summed E-state index contributed by atoms with van der Waals surface area (Å²) in [4.78, 5) is 0. The average molecular weight is 274 g/mol. The van der Waals surface area contributed by atoms with Crippen LogP contribution in [-0.2, 0) is 0 Å². The highest BCUT2D eigenvalue weighted by Crippen LogP contribution is 2.28. The fraction of sp³-hybridized carbons (Fsp3) is 0.375. The van der Waals surface area contributed by atoms with Crippen molar-refractivity contribution in [1.29, 1.82) is 0 Å². The first kappa shape index (κ1) is 14.3. The van der Waals surface area contributed by atoms with E-state index >= 15 is 0 Å². The molecule has 0 aliphatic carbocycles. The average Bonchev–Trinajstić information content (AvgIpc) is 2.86. The molecule has 20 heavy (non-hydrogen) atoms. The van der Waals surface area contributed by atoms with Crippen molar-refractivity contribution in [2.24, 2.45) is 0 Å². The van der Waals surface area contributed by atoms with Crippen LogP contribution < -0.4 is 15.8 Å². The summed E-state index contributed by atoms with van der Waals surface area (Å²) in [5.74, 6) is 2.55. The van der Waals surface area contributed by atoms with E-state index in [4.69, 9.17) is 14.9 Å². The summed E-state index contributed by atoms with van der Waals surface area (Å²) >= 11 is 0. The molecule has 4 nitrogen and oxygen atoms in total. The molecular weight excluding hydrogens is 252 g/mol. The number of nitrogens with one attached hydrogen (secondary N) is 1. The van der Waals surface area contributed by atoms with Crippen LogP contribution in [0.4, 0.5) is 11.4 Å². The second-order valence-corrected chi connectivity index (χ2v) is 4.92. The van der Waals surface area contributed by atoms with Crippen molar-refractivity contribution < 1.29 is 9.15 Å². The van der Waals surface area contributed by atoms with Gasteiger partial charge in [-0.15, -0.1) is 0 Å². The van der Waals surface area contributed by atoms with Gasteiger partial charge in [0, 0.05) is 11.8 Å². The topological polar surface area (TPSA) is 60.4 Å². The lowest BCUT2D eigenvalue weighted by molar-refractivity contribution is 0.319. The van der Waals surface area contributed by atoms with Gasteiger partial charge in [-0.1, -0.05) is 6.92 Å². The summed E-state index contributed by atoms with van der Waals surface area (Å²) in [5.41, 5.74) is 7.53. The Labute approximate surface area is 119 Å². The van der Waals surface area contributed by atoms with E-state index in [0.29, 0.717) is 12.3 Å². The molecule has 4 heteroatoms. The van der Waals surface area contributed by atoms with E-state index in [-0.39, 0.29) is 6.04 Å². The third-order valence-electron chi connectivity index (χ3n) is 3.05. The molecule has 0 amide bonds. The predicted octanol–water partition coefficient (Wildman–Crippen LogP) is 4.13. The van der Waals surface area contributed by atoms with Crippen LogP contribution in [0.15, 0.2) is 34.7 Å². The fourth-order valence-corrected chi connectivity index (χ4v) is 1.97. The number of nitrogen functional groups attached to an aromatic ring is 1. The summed E-state index contributed by atoms with van der Waals surface area (Å²) < 4.78 is 11.2. The highest BCUT2D eigenvalue weighted by atomic mass is 16.5. The zero-order chi connectivity index (χ0) is 14.5. The molecule has 0 saturated heterocycles. The van der Waals surface area contributed by atoms with Gasteiger partial charge in [-0.2, -0.15) is 0 Å². The van der Waals surface area contributed by atoms with Gasteiger partial charge in [0.25, 0.3) is 0 Å². The molecule has 1 heterocycles. The largest absolute Gasteiger partial charge is 0.491 e. The van der Waals surface area contributed by atoms with Crippen LogP contribution in [0, 0.1) is 6.92 Å². The minimum absolute atomic E-state index is 0.0892. The molecule has 1 aromatic carbocycles. The summed E-state index contributed by atoms with van der Waals surface area (Å²) in [7, 11) is 0. The number of aryl methyl sites for hydroxylation is 1. The molecule has 3 N–H and O–H groups in total. The molecule has 1 aromatic heterocycles. The maximum Gasteiger partial charge on any atom is 0.144 e. The number of furan rings is 1. The smallest absolute Gasteiger partial charge is 0.144 e. The molecule has 0 bridgehead atoms. The summed E-state index contributed by atoms with van der Waals surface area (Å²) in [6.45, 7) is 6.73. The zero-order valence-electron chi connectivity index (χ0n) is 12.3. The second-order valence-electron chi connectivity index (χ2n) is 4.92. The van der Waals surface area contributed by atoms with Gasteiger partial charge in [0.1, 0.15) is 17.3 Å². The molecule has 0 aliphatic rings. The molecule has 0 saturated carbocycles. The van der Waals surface area contributed by atoms with Gasteiger partial charge < -0.3 is 20.2 Å². The van der Waals surface area contributed by atoms with Crippen LogP contribution in [0.25, 0.3) is 0 Å². The van der Waals surface area contributed by atoms with Gasteiger partial charge in [0.2, 0.25) is 0 Å². The van der Waals surface area contributed by atoms with Crippen molar-refractivity contribution >= 4 is 11.4 Å². The Hall–Kier alpha value is -2.10. The maximum absolute atomic E-state index is 5.90. The van der Waals surface area contributed by atoms with Crippen LogP contribution in [0.1, 0.15) is 37.8 Å². The first-order valence-electron chi connectivity index (χ1n) is 6.95. The maximum atomic E-state index is 5.90. The number of benzene rings is 1. The number of hydrogen-bond donors (Lipinski definition) is 2. The molecule has 1 unspecified atom stereocenters. The number of ether oxygens (including phenoxy) is 1. The third kappa shape index (κ3) is 3.47. The SMILES string of the molecule is CCCOc1cc(NC(C)c2ccc(C)o2)ccc1N. The van der Waals surface area contributed by atoms with E-state index in [0.717, 1.165) is 29.4 Å². The predicted molar refractivity (Wildman–Crippen MR) is 82.1 cm³/mol. The molecule has 2 aromatic rings. The van der Waals surface area contributed by atoms with Crippen molar-refractivity contribution in [3.8, 4) is 5.75 Å². The third-order valence-corrected chi connectivity index (χ3v) is 3.05. The molecule has 0 radical (unpaired) electrons. The molecule has 0 fully saturated rings. The lowest BCUT2D eigenvalue weighted by Gasteiger charge is -2.15. The van der Waals surface area contributed by atoms with Gasteiger partial charge in [-0.05, 0) is 44.5 Å². The standard InChI is InChI=1S/C16H22N2O2/c1-4-9-19-16-10-13(6-7-14(16)17)18-12(3)15-8-5-11(2)20-15/h5-8,10,12,18H,4,9,17H2,1-3H3. The minimum Gasteiger partial charge on any atom is -0.491 e. The van der Waals surface area contributed by atoms with E-state index < -0.39 is 0 Å². The second kappa shape index (κ2) is 6.37. The minimum atomic E-state index is 0.0892. The molecule has 2 rings (SSSR count). The normalized spacial score (nSPS) is 12.2. The summed E-state index contributed by atoms with van der Waals surface area (Å²) in [6.07, 6.45) is 0.958. The lowest BCUT2D eigenvalue weighted by atomic mass is 10.2. The zero-order valence-corrected chi connectivity index (χ0v) is 12.3. The fourth-order valence-electron chi connectivity index (χ4n) is 1.97. The quantitative estimate of drug-likeness (QED) is 0.777. The Morgan fingerprint density at radius 2 is 2.10 bits per heavy atom. The van der Waals surface area contributed by atoms with Crippen LogP contribution in [-0.4, -0.2) is 6.61 Å². The van der Waals surface area contributed by atoms with Crippen LogP contribution >= 0.6 is 0 Å². The Morgan fingerprint density at radius 1 is 1.30 bits per heavy atom. The van der Waals surface area contributed by atoms with E-state index in [1.54, 1.807) is 0 Å². The van der Waals surface area contributed by atoms with Gasteiger partial charge >= 0.3 is 0 Å². The molecular formula is C16H22N2O2. The van der Waals surface area contributed by atoms with Crippen molar-refractivity contribution in [2.45, 2.75) is 33.2 Å². The Morgan fingerprint density at radius 3 is 2.75 bits per heavy atom.